The standard InChI is InChI=1S/C13H17N3O/c14-8-3-9-16(11-4-5-11)12(17)13(10-15)6-1-2-7-13/h11H,1-7,9H2. The van der Waals surface area contributed by atoms with Gasteiger partial charge in [-0.3, -0.25) is 4.79 Å². The second-order valence-electron chi connectivity index (χ2n) is 5.04. The molecular weight excluding hydrogens is 214 g/mol. The lowest BCUT2D eigenvalue weighted by Gasteiger charge is -2.29. The molecule has 0 atom stereocenters. The molecule has 0 aliphatic heterocycles. The van der Waals surface area contributed by atoms with Crippen LogP contribution in [0.25, 0.3) is 0 Å². The van der Waals surface area contributed by atoms with E-state index in [1.165, 1.54) is 0 Å². The summed E-state index contributed by atoms with van der Waals surface area (Å²) >= 11 is 0. The fourth-order valence-corrected chi connectivity index (χ4v) is 2.63. The zero-order valence-corrected chi connectivity index (χ0v) is 9.98. The van der Waals surface area contributed by atoms with Gasteiger partial charge < -0.3 is 4.90 Å². The summed E-state index contributed by atoms with van der Waals surface area (Å²) in [5.41, 5.74) is -0.780. The van der Waals surface area contributed by atoms with Gasteiger partial charge in [0.15, 0.2) is 0 Å². The van der Waals surface area contributed by atoms with Gasteiger partial charge in [0, 0.05) is 12.6 Å². The molecule has 0 aromatic heterocycles. The quantitative estimate of drug-likeness (QED) is 0.742. The Bertz CT molecular complexity index is 380. The summed E-state index contributed by atoms with van der Waals surface area (Å²) in [6, 6.07) is 4.62. The SMILES string of the molecule is N#CCCN(C(=O)C1(C#N)CCCC1)C1CC1. The predicted octanol–water partition coefficient (Wildman–Crippen LogP) is 1.98. The molecule has 2 aliphatic carbocycles. The zero-order valence-electron chi connectivity index (χ0n) is 9.98. The Morgan fingerprint density at radius 1 is 1.29 bits per heavy atom. The van der Waals surface area contributed by atoms with Gasteiger partial charge in [0.25, 0.3) is 0 Å². The minimum absolute atomic E-state index is 0.0183. The fraction of sp³-hybridized carbons (Fsp3) is 0.769. The van der Waals surface area contributed by atoms with Crippen molar-refractivity contribution in [1.29, 1.82) is 10.5 Å². The van der Waals surface area contributed by atoms with Crippen molar-refractivity contribution < 1.29 is 4.79 Å². The molecule has 0 heterocycles. The molecule has 90 valence electrons. The Balaban J connectivity index is 2.10. The third kappa shape index (κ3) is 2.26. The summed E-state index contributed by atoms with van der Waals surface area (Å²) in [5.74, 6) is -0.0183. The van der Waals surface area contributed by atoms with E-state index in [0.717, 1.165) is 25.7 Å². The molecule has 0 saturated heterocycles. The van der Waals surface area contributed by atoms with Crippen LogP contribution in [-0.4, -0.2) is 23.4 Å². The normalized spacial score (nSPS) is 21.5. The first kappa shape index (κ1) is 11.9. The molecule has 1 amide bonds. The van der Waals surface area contributed by atoms with Crippen LogP contribution in [0.1, 0.15) is 44.9 Å². The van der Waals surface area contributed by atoms with Crippen molar-refractivity contribution in [3.05, 3.63) is 0 Å². The van der Waals surface area contributed by atoms with Crippen LogP contribution < -0.4 is 0 Å². The van der Waals surface area contributed by atoms with Crippen LogP contribution in [0.15, 0.2) is 0 Å². The van der Waals surface area contributed by atoms with E-state index in [9.17, 15) is 10.1 Å². The molecule has 0 radical (unpaired) electrons. The minimum atomic E-state index is -0.780. The Labute approximate surface area is 102 Å². The first-order valence-electron chi connectivity index (χ1n) is 6.33. The molecule has 0 aromatic carbocycles. The topological polar surface area (TPSA) is 67.9 Å². The maximum atomic E-state index is 12.5. The average molecular weight is 231 g/mol. The molecule has 0 N–H and O–H groups in total. The second kappa shape index (κ2) is 4.75. The highest BCUT2D eigenvalue weighted by Gasteiger charge is 2.47. The van der Waals surface area contributed by atoms with E-state index in [0.29, 0.717) is 31.8 Å². The lowest BCUT2D eigenvalue weighted by atomic mass is 9.86. The lowest BCUT2D eigenvalue weighted by Crippen LogP contribution is -2.43. The number of rotatable bonds is 4. The van der Waals surface area contributed by atoms with E-state index in [1.54, 1.807) is 4.90 Å². The number of amides is 1. The Kier molecular flexibility index (Phi) is 3.33. The Morgan fingerprint density at radius 3 is 2.41 bits per heavy atom. The molecule has 4 heteroatoms. The molecule has 0 spiro atoms. The van der Waals surface area contributed by atoms with Gasteiger partial charge in [-0.25, -0.2) is 0 Å². The van der Waals surface area contributed by atoms with Crippen molar-refractivity contribution in [2.24, 2.45) is 5.41 Å². The number of hydrogen-bond donors (Lipinski definition) is 0. The molecule has 2 fully saturated rings. The summed E-state index contributed by atoms with van der Waals surface area (Å²) in [7, 11) is 0. The molecule has 2 aliphatic rings. The van der Waals surface area contributed by atoms with Crippen molar-refractivity contribution in [2.45, 2.75) is 51.0 Å². The van der Waals surface area contributed by atoms with Crippen LogP contribution in [0.3, 0.4) is 0 Å². The summed E-state index contributed by atoms with van der Waals surface area (Å²) in [6.45, 7) is 0.490. The van der Waals surface area contributed by atoms with Crippen LogP contribution >= 0.6 is 0 Å². The van der Waals surface area contributed by atoms with Crippen molar-refractivity contribution in [3.63, 3.8) is 0 Å². The first-order valence-corrected chi connectivity index (χ1v) is 6.33. The number of carbonyl (C=O) groups is 1. The predicted molar refractivity (Wildman–Crippen MR) is 61.5 cm³/mol. The van der Waals surface area contributed by atoms with Crippen LogP contribution in [0, 0.1) is 28.1 Å². The van der Waals surface area contributed by atoms with Crippen molar-refractivity contribution in [3.8, 4) is 12.1 Å². The summed E-state index contributed by atoms with van der Waals surface area (Å²) in [6.07, 6.45) is 5.74. The third-order valence-corrected chi connectivity index (χ3v) is 3.79. The highest BCUT2D eigenvalue weighted by Crippen LogP contribution is 2.41. The maximum Gasteiger partial charge on any atom is 0.243 e. The van der Waals surface area contributed by atoms with E-state index in [2.05, 4.69) is 12.1 Å². The number of carbonyl (C=O) groups excluding carboxylic acids is 1. The van der Waals surface area contributed by atoms with Crippen LogP contribution in [0.5, 0.6) is 0 Å². The van der Waals surface area contributed by atoms with Gasteiger partial charge in [0.05, 0.1) is 18.6 Å². The third-order valence-electron chi connectivity index (χ3n) is 3.79. The van der Waals surface area contributed by atoms with Crippen molar-refractivity contribution in [2.75, 3.05) is 6.54 Å². The Hall–Kier alpha value is -1.55. The summed E-state index contributed by atoms with van der Waals surface area (Å²) < 4.78 is 0. The van der Waals surface area contributed by atoms with Gasteiger partial charge in [-0.1, -0.05) is 12.8 Å². The molecule has 17 heavy (non-hydrogen) atoms. The van der Waals surface area contributed by atoms with Gasteiger partial charge in [0.2, 0.25) is 5.91 Å². The highest BCUT2D eigenvalue weighted by molar-refractivity contribution is 5.86. The number of nitrogens with zero attached hydrogens (tertiary/aromatic N) is 3. The average Bonchev–Trinajstić information content (AvgIpc) is 3.07. The fourth-order valence-electron chi connectivity index (χ4n) is 2.63. The van der Waals surface area contributed by atoms with Crippen LogP contribution in [0.2, 0.25) is 0 Å². The molecule has 0 unspecified atom stereocenters. The van der Waals surface area contributed by atoms with Gasteiger partial charge >= 0.3 is 0 Å². The molecule has 2 rings (SSSR count). The zero-order chi connectivity index (χ0) is 12.3. The number of hydrogen-bond acceptors (Lipinski definition) is 3. The first-order chi connectivity index (χ1) is 8.23. The molecule has 0 bridgehead atoms. The summed E-state index contributed by atoms with van der Waals surface area (Å²) in [5, 5.41) is 17.9. The van der Waals surface area contributed by atoms with Gasteiger partial charge in [-0.05, 0) is 25.7 Å². The maximum absolute atomic E-state index is 12.5. The lowest BCUT2D eigenvalue weighted by molar-refractivity contribution is -0.139. The highest BCUT2D eigenvalue weighted by atomic mass is 16.2. The van der Waals surface area contributed by atoms with E-state index < -0.39 is 5.41 Å². The van der Waals surface area contributed by atoms with Crippen LogP contribution in [-0.2, 0) is 4.79 Å². The van der Waals surface area contributed by atoms with Crippen LogP contribution in [0.4, 0.5) is 0 Å². The summed E-state index contributed by atoms with van der Waals surface area (Å²) in [4.78, 5) is 14.3. The minimum Gasteiger partial charge on any atom is -0.337 e. The molecule has 4 nitrogen and oxygen atoms in total. The van der Waals surface area contributed by atoms with E-state index >= 15 is 0 Å². The van der Waals surface area contributed by atoms with E-state index in [-0.39, 0.29) is 5.91 Å². The van der Waals surface area contributed by atoms with Gasteiger partial charge in [-0.2, -0.15) is 10.5 Å². The molecule has 0 aromatic rings. The van der Waals surface area contributed by atoms with Gasteiger partial charge in [-0.15, -0.1) is 0 Å². The molecular formula is C13H17N3O. The monoisotopic (exact) mass is 231 g/mol. The smallest absolute Gasteiger partial charge is 0.243 e. The van der Waals surface area contributed by atoms with E-state index in [1.807, 2.05) is 0 Å². The molecule has 2 saturated carbocycles. The van der Waals surface area contributed by atoms with Gasteiger partial charge in [0.1, 0.15) is 5.41 Å². The number of nitriles is 2. The Morgan fingerprint density at radius 2 is 1.94 bits per heavy atom. The van der Waals surface area contributed by atoms with Crippen molar-refractivity contribution in [1.82, 2.24) is 4.90 Å². The second-order valence-corrected chi connectivity index (χ2v) is 5.04. The van der Waals surface area contributed by atoms with E-state index in [4.69, 9.17) is 5.26 Å². The van der Waals surface area contributed by atoms with Crippen molar-refractivity contribution >= 4 is 5.91 Å². The largest absolute Gasteiger partial charge is 0.337 e.